The lowest BCUT2D eigenvalue weighted by atomic mass is 10.0. The number of para-hydroxylation sites is 1. The highest BCUT2D eigenvalue weighted by atomic mass is 16.5. The van der Waals surface area contributed by atoms with Crippen LogP contribution in [0.3, 0.4) is 0 Å². The molecule has 0 atom stereocenters. The van der Waals surface area contributed by atoms with Crippen LogP contribution in [0.1, 0.15) is 17.5 Å². The fraction of sp³-hybridized carbons (Fsp3) is 0.333. The standard InChI is InChI=1S/C12H12O2/c13-8-2-6-10-4-1-5-11-7-3-9-14-12(10)11/h1,4-5,13H,3,7-9H2. The van der Waals surface area contributed by atoms with Gasteiger partial charge in [0.2, 0.25) is 0 Å². The number of benzene rings is 1. The molecule has 72 valence electrons. The van der Waals surface area contributed by atoms with Crippen LogP contribution in [-0.2, 0) is 6.42 Å². The molecule has 0 saturated carbocycles. The molecule has 0 aromatic heterocycles. The van der Waals surface area contributed by atoms with Crippen molar-refractivity contribution in [1.82, 2.24) is 0 Å². The molecule has 2 rings (SSSR count). The van der Waals surface area contributed by atoms with Gasteiger partial charge in [-0.05, 0) is 24.5 Å². The average molecular weight is 188 g/mol. The van der Waals surface area contributed by atoms with Gasteiger partial charge in [-0.25, -0.2) is 0 Å². The minimum atomic E-state index is -0.107. The molecule has 0 aliphatic carbocycles. The molecule has 1 N–H and O–H groups in total. The maximum absolute atomic E-state index is 8.62. The molecule has 0 bridgehead atoms. The first kappa shape index (κ1) is 9.11. The highest BCUT2D eigenvalue weighted by Crippen LogP contribution is 2.27. The molecule has 2 heteroatoms. The van der Waals surface area contributed by atoms with Crippen molar-refractivity contribution in [2.45, 2.75) is 12.8 Å². The average Bonchev–Trinajstić information content (AvgIpc) is 2.26. The Labute approximate surface area is 83.5 Å². The van der Waals surface area contributed by atoms with Crippen LogP contribution in [0.4, 0.5) is 0 Å². The minimum absolute atomic E-state index is 0.107. The summed E-state index contributed by atoms with van der Waals surface area (Å²) in [5.74, 6) is 6.44. The summed E-state index contributed by atoms with van der Waals surface area (Å²) in [6.07, 6.45) is 2.13. The van der Waals surface area contributed by atoms with E-state index in [1.165, 1.54) is 5.56 Å². The van der Waals surface area contributed by atoms with Crippen LogP contribution in [0.2, 0.25) is 0 Å². The molecule has 1 aliphatic heterocycles. The number of aliphatic hydroxyl groups is 1. The summed E-state index contributed by atoms with van der Waals surface area (Å²) in [7, 11) is 0. The highest BCUT2D eigenvalue weighted by molar-refractivity contribution is 5.51. The van der Waals surface area contributed by atoms with Gasteiger partial charge in [0, 0.05) is 0 Å². The Balaban J connectivity index is 2.40. The first-order valence-corrected chi connectivity index (χ1v) is 4.76. The number of fused-ring (bicyclic) bond motifs is 1. The van der Waals surface area contributed by atoms with Crippen LogP contribution in [0, 0.1) is 11.8 Å². The Bertz CT molecular complexity index is 385. The van der Waals surface area contributed by atoms with E-state index in [-0.39, 0.29) is 6.61 Å². The SMILES string of the molecule is OCC#Cc1cccc2c1OCCC2. The number of hydrogen-bond donors (Lipinski definition) is 1. The lowest BCUT2D eigenvalue weighted by Gasteiger charge is -2.18. The van der Waals surface area contributed by atoms with Crippen LogP contribution in [0.5, 0.6) is 5.75 Å². The van der Waals surface area contributed by atoms with E-state index in [4.69, 9.17) is 9.84 Å². The zero-order valence-electron chi connectivity index (χ0n) is 7.92. The van der Waals surface area contributed by atoms with Crippen molar-refractivity contribution in [3.05, 3.63) is 29.3 Å². The van der Waals surface area contributed by atoms with Crippen LogP contribution in [0.15, 0.2) is 18.2 Å². The maximum atomic E-state index is 8.62. The molecule has 0 spiro atoms. The first-order chi connectivity index (χ1) is 6.92. The Kier molecular flexibility index (Phi) is 2.71. The molecule has 1 aromatic rings. The molecule has 0 saturated heterocycles. The Hall–Kier alpha value is -1.46. The maximum Gasteiger partial charge on any atom is 0.138 e. The van der Waals surface area contributed by atoms with Gasteiger partial charge in [-0.1, -0.05) is 24.0 Å². The lowest BCUT2D eigenvalue weighted by Crippen LogP contribution is -2.09. The van der Waals surface area contributed by atoms with Gasteiger partial charge in [-0.15, -0.1) is 0 Å². The van der Waals surface area contributed by atoms with E-state index in [1.54, 1.807) is 0 Å². The van der Waals surface area contributed by atoms with Crippen molar-refractivity contribution in [2.24, 2.45) is 0 Å². The predicted octanol–water partition coefficient (Wildman–Crippen LogP) is 1.36. The van der Waals surface area contributed by atoms with Crippen molar-refractivity contribution in [1.29, 1.82) is 0 Å². The van der Waals surface area contributed by atoms with Crippen molar-refractivity contribution < 1.29 is 9.84 Å². The summed E-state index contributed by atoms with van der Waals surface area (Å²) in [6, 6.07) is 5.97. The van der Waals surface area contributed by atoms with E-state index in [0.717, 1.165) is 30.8 Å². The molecule has 1 aromatic carbocycles. The third-order valence-corrected chi connectivity index (χ3v) is 2.24. The quantitative estimate of drug-likeness (QED) is 0.623. The molecule has 0 amide bonds. The van der Waals surface area contributed by atoms with Gasteiger partial charge in [0.1, 0.15) is 12.4 Å². The van der Waals surface area contributed by atoms with Gasteiger partial charge in [0.15, 0.2) is 0 Å². The molecule has 0 radical (unpaired) electrons. The fourth-order valence-corrected chi connectivity index (χ4v) is 1.62. The third kappa shape index (κ3) is 1.73. The number of aliphatic hydroxyl groups excluding tert-OH is 1. The normalized spacial score (nSPS) is 13.5. The number of aryl methyl sites for hydroxylation is 1. The van der Waals surface area contributed by atoms with E-state index in [0.29, 0.717) is 0 Å². The smallest absolute Gasteiger partial charge is 0.138 e. The summed E-state index contributed by atoms with van der Waals surface area (Å²) in [4.78, 5) is 0. The van der Waals surface area contributed by atoms with Gasteiger partial charge in [-0.3, -0.25) is 0 Å². The number of rotatable bonds is 0. The van der Waals surface area contributed by atoms with Crippen LogP contribution < -0.4 is 4.74 Å². The second kappa shape index (κ2) is 4.17. The highest BCUT2D eigenvalue weighted by Gasteiger charge is 2.12. The summed E-state index contributed by atoms with van der Waals surface area (Å²) in [6.45, 7) is 0.661. The summed E-state index contributed by atoms with van der Waals surface area (Å²) in [5, 5.41) is 8.62. The fourth-order valence-electron chi connectivity index (χ4n) is 1.62. The molecule has 2 nitrogen and oxygen atoms in total. The molecule has 14 heavy (non-hydrogen) atoms. The first-order valence-electron chi connectivity index (χ1n) is 4.76. The molecule has 0 unspecified atom stereocenters. The molecular formula is C12H12O2. The molecule has 1 heterocycles. The monoisotopic (exact) mass is 188 g/mol. The van der Waals surface area contributed by atoms with Gasteiger partial charge in [-0.2, -0.15) is 0 Å². The summed E-state index contributed by atoms with van der Waals surface area (Å²) in [5.41, 5.74) is 2.11. The largest absolute Gasteiger partial charge is 0.492 e. The number of hydrogen-bond acceptors (Lipinski definition) is 2. The van der Waals surface area contributed by atoms with Crippen LogP contribution in [0.25, 0.3) is 0 Å². The van der Waals surface area contributed by atoms with E-state index in [2.05, 4.69) is 17.9 Å². The van der Waals surface area contributed by atoms with Gasteiger partial charge < -0.3 is 9.84 Å². The molecule has 1 aliphatic rings. The minimum Gasteiger partial charge on any atom is -0.492 e. The van der Waals surface area contributed by atoms with Gasteiger partial charge in [0.05, 0.1) is 12.2 Å². The van der Waals surface area contributed by atoms with Gasteiger partial charge in [0.25, 0.3) is 0 Å². The van der Waals surface area contributed by atoms with Gasteiger partial charge >= 0.3 is 0 Å². The van der Waals surface area contributed by atoms with Crippen molar-refractivity contribution in [2.75, 3.05) is 13.2 Å². The Morgan fingerprint density at radius 1 is 1.43 bits per heavy atom. The zero-order chi connectivity index (χ0) is 9.80. The van der Waals surface area contributed by atoms with E-state index in [9.17, 15) is 0 Å². The van der Waals surface area contributed by atoms with E-state index < -0.39 is 0 Å². The number of ether oxygens (including phenoxy) is 1. The van der Waals surface area contributed by atoms with Crippen molar-refractivity contribution in [3.63, 3.8) is 0 Å². The van der Waals surface area contributed by atoms with Crippen molar-refractivity contribution >= 4 is 0 Å². The third-order valence-electron chi connectivity index (χ3n) is 2.24. The lowest BCUT2D eigenvalue weighted by molar-refractivity contribution is 0.287. The molecule has 0 fully saturated rings. The summed E-state index contributed by atoms with van der Waals surface area (Å²) < 4.78 is 5.57. The zero-order valence-corrected chi connectivity index (χ0v) is 7.92. The second-order valence-corrected chi connectivity index (χ2v) is 3.21. The van der Waals surface area contributed by atoms with E-state index >= 15 is 0 Å². The second-order valence-electron chi connectivity index (χ2n) is 3.21. The van der Waals surface area contributed by atoms with Crippen LogP contribution in [-0.4, -0.2) is 18.3 Å². The van der Waals surface area contributed by atoms with Crippen LogP contribution >= 0.6 is 0 Å². The van der Waals surface area contributed by atoms with E-state index in [1.807, 2.05) is 12.1 Å². The Morgan fingerprint density at radius 3 is 3.21 bits per heavy atom. The van der Waals surface area contributed by atoms with Crippen molar-refractivity contribution in [3.8, 4) is 17.6 Å². The Morgan fingerprint density at radius 2 is 2.36 bits per heavy atom. The topological polar surface area (TPSA) is 29.5 Å². The molecular weight excluding hydrogens is 176 g/mol. The summed E-state index contributed by atoms with van der Waals surface area (Å²) >= 11 is 0. The predicted molar refractivity (Wildman–Crippen MR) is 54.2 cm³/mol.